The van der Waals surface area contributed by atoms with E-state index in [9.17, 15) is 14.7 Å². The van der Waals surface area contributed by atoms with E-state index in [2.05, 4.69) is 27.6 Å². The van der Waals surface area contributed by atoms with Crippen LogP contribution in [0, 0.1) is 0 Å². The molecule has 10 nitrogen and oxygen atoms in total. The Balaban J connectivity index is 1.28. The van der Waals surface area contributed by atoms with Crippen molar-refractivity contribution in [2.24, 2.45) is 7.05 Å². The van der Waals surface area contributed by atoms with Gasteiger partial charge in [-0.15, -0.1) is 10.2 Å². The first kappa shape index (κ1) is 32.4. The Bertz CT molecular complexity index is 1580. The zero-order valence-electron chi connectivity index (χ0n) is 25.2. The van der Waals surface area contributed by atoms with Crippen LogP contribution in [0.1, 0.15) is 66.8 Å². The van der Waals surface area contributed by atoms with E-state index in [1.807, 2.05) is 72.3 Å². The number of rotatable bonds is 14. The molecule has 3 N–H and O–H groups in total. The summed E-state index contributed by atoms with van der Waals surface area (Å²) in [6, 6.07) is 24.0. The van der Waals surface area contributed by atoms with E-state index in [-0.39, 0.29) is 31.1 Å². The van der Waals surface area contributed by atoms with Crippen molar-refractivity contribution in [3.8, 4) is 11.1 Å². The third-order valence-corrected chi connectivity index (χ3v) is 8.80. The maximum atomic E-state index is 12.2. The molecule has 2 heterocycles. The summed E-state index contributed by atoms with van der Waals surface area (Å²) < 4.78 is 15.0. The van der Waals surface area contributed by atoms with Crippen molar-refractivity contribution in [3.05, 3.63) is 101 Å². The molecule has 1 saturated heterocycles. The third kappa shape index (κ3) is 9.24. The number of aliphatic hydroxyl groups is 1. The second kappa shape index (κ2) is 15.8. The van der Waals surface area contributed by atoms with Gasteiger partial charge >= 0.3 is 5.97 Å². The summed E-state index contributed by atoms with van der Waals surface area (Å²) in [5.74, 6) is -0.250. The van der Waals surface area contributed by atoms with Crippen molar-refractivity contribution < 1.29 is 29.3 Å². The number of carboxylic acids is 1. The lowest BCUT2D eigenvalue weighted by Gasteiger charge is -2.36. The molecule has 0 aliphatic carbocycles. The standard InChI is InChI=1S/C34H38N4O6S/c1-38-22-36-37-34(38)45-21-29-18-30(25-14-12-23(20-39)13-15-25)44-33(43-29)28-9-5-8-27(17-28)26-7-4-6-24(16-26)19-35-31(40)10-2-3-11-32(41)42/h4-9,12-17,22,29-30,33,39H,2-3,10-11,18-21H2,1H3,(H,35,40)(H,41,42). The molecule has 3 atom stereocenters. The first-order chi connectivity index (χ1) is 21.9. The molecule has 1 fully saturated rings. The van der Waals surface area contributed by atoms with E-state index < -0.39 is 12.3 Å². The van der Waals surface area contributed by atoms with Gasteiger partial charge in [0.1, 0.15) is 6.33 Å². The predicted molar refractivity (Wildman–Crippen MR) is 170 cm³/mol. The fraction of sp³-hybridized carbons (Fsp3) is 0.353. The SMILES string of the molecule is Cn1cnnc1SCC1CC(c2ccc(CO)cc2)OC(c2cccc(-c3cccc(CNC(=O)CCCCC(=O)O)c3)c2)O1. The number of benzene rings is 3. The second-order valence-electron chi connectivity index (χ2n) is 11.1. The maximum Gasteiger partial charge on any atom is 0.303 e. The molecule has 3 unspecified atom stereocenters. The Morgan fingerprint density at radius 2 is 1.71 bits per heavy atom. The molecule has 0 bridgehead atoms. The number of ether oxygens (including phenoxy) is 2. The highest BCUT2D eigenvalue weighted by molar-refractivity contribution is 7.99. The number of hydrogen-bond donors (Lipinski definition) is 3. The van der Waals surface area contributed by atoms with Crippen LogP contribution in [0.25, 0.3) is 11.1 Å². The molecule has 0 spiro atoms. The number of nitrogens with zero attached hydrogens (tertiary/aromatic N) is 3. The highest BCUT2D eigenvalue weighted by Gasteiger charge is 2.32. The molecule has 11 heteroatoms. The molecule has 0 radical (unpaired) electrons. The van der Waals surface area contributed by atoms with Crippen LogP contribution < -0.4 is 5.32 Å². The Morgan fingerprint density at radius 1 is 0.956 bits per heavy atom. The Morgan fingerprint density at radius 3 is 2.44 bits per heavy atom. The number of amides is 1. The molecule has 3 aromatic carbocycles. The lowest BCUT2D eigenvalue weighted by molar-refractivity contribution is -0.245. The fourth-order valence-electron chi connectivity index (χ4n) is 5.17. The molecular formula is C34H38N4O6S. The van der Waals surface area contributed by atoms with Crippen LogP contribution in [0.15, 0.2) is 84.3 Å². The van der Waals surface area contributed by atoms with Gasteiger partial charge in [0.2, 0.25) is 5.91 Å². The number of unbranched alkanes of at least 4 members (excludes halogenated alkanes) is 1. The van der Waals surface area contributed by atoms with Gasteiger partial charge in [-0.25, -0.2) is 0 Å². The van der Waals surface area contributed by atoms with Gasteiger partial charge in [0.25, 0.3) is 0 Å². The minimum atomic E-state index is -0.844. The van der Waals surface area contributed by atoms with Crippen LogP contribution in [0.3, 0.4) is 0 Å². The summed E-state index contributed by atoms with van der Waals surface area (Å²) in [5.41, 5.74) is 5.75. The second-order valence-corrected chi connectivity index (χ2v) is 12.1. The van der Waals surface area contributed by atoms with Crippen molar-refractivity contribution in [1.82, 2.24) is 20.1 Å². The van der Waals surface area contributed by atoms with Crippen molar-refractivity contribution >= 4 is 23.6 Å². The maximum absolute atomic E-state index is 12.2. The van der Waals surface area contributed by atoms with Crippen LogP contribution in [0.5, 0.6) is 0 Å². The van der Waals surface area contributed by atoms with Crippen molar-refractivity contribution in [1.29, 1.82) is 0 Å². The first-order valence-electron chi connectivity index (χ1n) is 15.0. The number of aromatic nitrogens is 3. The molecule has 236 valence electrons. The summed E-state index contributed by atoms with van der Waals surface area (Å²) in [7, 11) is 1.92. The normalized spacial score (nSPS) is 18.0. The average molecular weight is 631 g/mol. The van der Waals surface area contributed by atoms with Gasteiger partial charge in [-0.2, -0.15) is 0 Å². The summed E-state index contributed by atoms with van der Waals surface area (Å²) in [6.07, 6.45) is 2.89. The Kier molecular flexibility index (Phi) is 11.4. The van der Waals surface area contributed by atoms with E-state index in [4.69, 9.17) is 14.6 Å². The van der Waals surface area contributed by atoms with E-state index in [1.165, 1.54) is 0 Å². The molecule has 1 aromatic heterocycles. The van der Waals surface area contributed by atoms with Crippen LogP contribution in [-0.2, 0) is 39.3 Å². The summed E-state index contributed by atoms with van der Waals surface area (Å²) in [6.45, 7) is 0.380. The number of hydrogen-bond acceptors (Lipinski definition) is 8. The van der Waals surface area contributed by atoms with Gasteiger partial charge in [-0.1, -0.05) is 72.4 Å². The highest BCUT2D eigenvalue weighted by Crippen LogP contribution is 2.40. The van der Waals surface area contributed by atoms with Crippen LogP contribution in [0.4, 0.5) is 0 Å². The highest BCUT2D eigenvalue weighted by atomic mass is 32.2. The van der Waals surface area contributed by atoms with Gasteiger partial charge in [0.05, 0.1) is 18.8 Å². The van der Waals surface area contributed by atoms with Gasteiger partial charge in [-0.05, 0) is 52.8 Å². The van der Waals surface area contributed by atoms with E-state index in [0.29, 0.717) is 38.0 Å². The lowest BCUT2D eigenvalue weighted by atomic mass is 9.99. The monoisotopic (exact) mass is 630 g/mol. The first-order valence-corrected chi connectivity index (χ1v) is 16.0. The number of aliphatic hydroxyl groups excluding tert-OH is 1. The largest absolute Gasteiger partial charge is 0.481 e. The van der Waals surface area contributed by atoms with Crippen molar-refractivity contribution in [2.45, 2.75) is 68.9 Å². The minimum Gasteiger partial charge on any atom is -0.481 e. The zero-order valence-corrected chi connectivity index (χ0v) is 26.0. The van der Waals surface area contributed by atoms with E-state index in [0.717, 1.165) is 38.5 Å². The molecule has 5 rings (SSSR count). The molecule has 1 aliphatic rings. The van der Waals surface area contributed by atoms with Gasteiger partial charge in [0, 0.05) is 44.2 Å². The fourth-order valence-corrected chi connectivity index (χ4v) is 6.08. The van der Waals surface area contributed by atoms with E-state index in [1.54, 1.807) is 18.1 Å². The Hall–Kier alpha value is -4.03. The predicted octanol–water partition coefficient (Wildman–Crippen LogP) is 5.57. The number of carboxylic acid groups (broad SMARTS) is 1. The number of nitrogens with one attached hydrogen (secondary N) is 1. The topological polar surface area (TPSA) is 136 Å². The smallest absolute Gasteiger partial charge is 0.303 e. The number of aliphatic carboxylic acids is 1. The minimum absolute atomic E-state index is 0.0105. The summed E-state index contributed by atoms with van der Waals surface area (Å²) in [5, 5.41) is 30.2. The quantitative estimate of drug-likeness (QED) is 0.121. The summed E-state index contributed by atoms with van der Waals surface area (Å²) in [4.78, 5) is 22.9. The van der Waals surface area contributed by atoms with Crippen molar-refractivity contribution in [2.75, 3.05) is 5.75 Å². The lowest BCUT2D eigenvalue weighted by Crippen LogP contribution is -2.31. The molecular weight excluding hydrogens is 592 g/mol. The number of thioether (sulfide) groups is 1. The molecule has 45 heavy (non-hydrogen) atoms. The van der Waals surface area contributed by atoms with Gasteiger partial charge in [-0.3, -0.25) is 9.59 Å². The zero-order chi connectivity index (χ0) is 31.6. The molecule has 1 amide bonds. The molecule has 4 aromatic rings. The average Bonchev–Trinajstić information content (AvgIpc) is 3.49. The summed E-state index contributed by atoms with van der Waals surface area (Å²) >= 11 is 1.60. The number of aryl methyl sites for hydroxylation is 1. The van der Waals surface area contributed by atoms with Crippen LogP contribution in [0.2, 0.25) is 0 Å². The third-order valence-electron chi connectivity index (χ3n) is 7.64. The molecule has 1 aliphatic heterocycles. The van der Waals surface area contributed by atoms with Gasteiger partial charge in [0.15, 0.2) is 11.4 Å². The van der Waals surface area contributed by atoms with Crippen LogP contribution >= 0.6 is 11.8 Å². The number of carbonyl (C=O) groups is 2. The number of carbonyl (C=O) groups excluding carboxylic acids is 1. The Labute approximate surface area is 266 Å². The van der Waals surface area contributed by atoms with Gasteiger partial charge < -0.3 is 29.6 Å². The van der Waals surface area contributed by atoms with E-state index >= 15 is 0 Å². The van der Waals surface area contributed by atoms with Crippen molar-refractivity contribution in [3.63, 3.8) is 0 Å². The molecule has 0 saturated carbocycles. The van der Waals surface area contributed by atoms with Crippen LogP contribution in [-0.4, -0.2) is 48.7 Å².